The average molecular weight is 479 g/mol. The molecule has 1 heterocycles. The lowest BCUT2D eigenvalue weighted by Crippen LogP contribution is -2.51. The molecule has 0 aliphatic carbocycles. The number of anilines is 1. The predicted octanol–water partition coefficient (Wildman–Crippen LogP) is 3.41. The van der Waals surface area contributed by atoms with Crippen LogP contribution in [0, 0.1) is 6.92 Å². The summed E-state index contributed by atoms with van der Waals surface area (Å²) in [4.78, 5) is 40.2. The zero-order valence-corrected chi connectivity index (χ0v) is 19.6. The Morgan fingerprint density at radius 3 is 1.91 bits per heavy atom. The number of benzene rings is 3. The molecule has 0 aromatic heterocycles. The third-order valence-corrected chi connectivity index (χ3v) is 7.38. The second-order valence-corrected chi connectivity index (χ2v) is 9.61. The highest BCUT2D eigenvalue weighted by molar-refractivity contribution is 7.93. The van der Waals surface area contributed by atoms with Crippen LogP contribution in [-0.4, -0.2) is 44.2 Å². The number of carbonyl (C=O) groups excluding carboxylic acids is 3. The lowest BCUT2D eigenvalue weighted by atomic mass is 10.1. The Labute approximate surface area is 197 Å². The number of methoxy groups -OCH3 is 1. The van der Waals surface area contributed by atoms with E-state index in [-0.39, 0.29) is 21.7 Å². The molecule has 3 aromatic carbocycles. The lowest BCUT2D eigenvalue weighted by Gasteiger charge is -2.29. The maximum Gasteiger partial charge on any atom is 0.270 e. The molecule has 1 aliphatic heterocycles. The highest BCUT2D eigenvalue weighted by Gasteiger charge is 2.44. The predicted molar refractivity (Wildman–Crippen MR) is 125 cm³/mol. The van der Waals surface area contributed by atoms with Crippen molar-refractivity contribution in [2.24, 2.45) is 0 Å². The summed E-state index contributed by atoms with van der Waals surface area (Å²) in [5.41, 5.74) is 1.24. The molecule has 3 aromatic rings. The summed E-state index contributed by atoms with van der Waals surface area (Å²) in [6, 6.07) is 16.8. The summed E-state index contributed by atoms with van der Waals surface area (Å²) in [6.45, 7) is 3.15. The Bertz CT molecular complexity index is 1350. The van der Waals surface area contributed by atoms with E-state index in [1.54, 1.807) is 24.3 Å². The maximum absolute atomic E-state index is 13.7. The van der Waals surface area contributed by atoms with Crippen molar-refractivity contribution in [1.82, 2.24) is 4.90 Å². The van der Waals surface area contributed by atoms with Crippen molar-refractivity contribution >= 4 is 33.4 Å². The molecule has 4 rings (SSSR count). The van der Waals surface area contributed by atoms with Crippen molar-refractivity contribution in [2.45, 2.75) is 24.8 Å². The first-order valence-electron chi connectivity index (χ1n) is 10.4. The van der Waals surface area contributed by atoms with Gasteiger partial charge in [0, 0.05) is 0 Å². The molecule has 9 heteroatoms. The first-order valence-corrected chi connectivity index (χ1v) is 11.9. The average Bonchev–Trinajstić information content (AvgIpc) is 3.09. The van der Waals surface area contributed by atoms with E-state index in [0.717, 1.165) is 10.5 Å². The Kier molecular flexibility index (Phi) is 5.97. The molecule has 1 aliphatic rings. The van der Waals surface area contributed by atoms with Crippen LogP contribution in [0.25, 0.3) is 0 Å². The van der Waals surface area contributed by atoms with Crippen LogP contribution in [0.2, 0.25) is 0 Å². The van der Waals surface area contributed by atoms with Gasteiger partial charge in [0.05, 0.1) is 28.8 Å². The van der Waals surface area contributed by atoms with Gasteiger partial charge >= 0.3 is 0 Å². The summed E-state index contributed by atoms with van der Waals surface area (Å²) in [7, 11) is -2.91. The van der Waals surface area contributed by atoms with E-state index in [4.69, 9.17) is 4.74 Å². The highest BCUT2D eigenvalue weighted by atomic mass is 32.2. The van der Waals surface area contributed by atoms with Gasteiger partial charge in [-0.25, -0.2) is 12.7 Å². The van der Waals surface area contributed by atoms with Gasteiger partial charge in [-0.05, 0) is 62.4 Å². The molecular formula is C25H22N2O6S. The van der Waals surface area contributed by atoms with Crippen LogP contribution >= 0.6 is 0 Å². The van der Waals surface area contributed by atoms with Gasteiger partial charge in [-0.1, -0.05) is 29.8 Å². The first kappa shape index (κ1) is 23.2. The molecule has 3 amide bonds. The summed E-state index contributed by atoms with van der Waals surface area (Å²) in [5.74, 6) is -1.77. The van der Waals surface area contributed by atoms with E-state index in [1.165, 1.54) is 62.6 Å². The molecule has 0 bridgehead atoms. The molecule has 174 valence electrons. The minimum atomic E-state index is -4.37. The fraction of sp³-hybridized carbons (Fsp3) is 0.160. The minimum Gasteiger partial charge on any atom is -0.497 e. The molecule has 0 radical (unpaired) electrons. The monoisotopic (exact) mass is 478 g/mol. The molecule has 8 nitrogen and oxygen atoms in total. The molecule has 34 heavy (non-hydrogen) atoms. The summed E-state index contributed by atoms with van der Waals surface area (Å²) in [6.07, 6.45) is 0. The largest absolute Gasteiger partial charge is 0.497 e. The van der Waals surface area contributed by atoms with Crippen LogP contribution < -0.4 is 9.04 Å². The van der Waals surface area contributed by atoms with Gasteiger partial charge in [0.15, 0.2) is 0 Å². The number of imide groups is 1. The zero-order chi connectivity index (χ0) is 24.6. The topological polar surface area (TPSA) is 101 Å². The van der Waals surface area contributed by atoms with Crippen LogP contribution in [0.4, 0.5) is 5.69 Å². The summed E-state index contributed by atoms with van der Waals surface area (Å²) >= 11 is 0. The van der Waals surface area contributed by atoms with Crippen LogP contribution in [0.1, 0.15) is 33.2 Å². The highest BCUT2D eigenvalue weighted by Crippen LogP contribution is 2.30. The fourth-order valence-corrected chi connectivity index (χ4v) is 5.24. The zero-order valence-electron chi connectivity index (χ0n) is 18.8. The third kappa shape index (κ3) is 3.84. The van der Waals surface area contributed by atoms with E-state index in [2.05, 4.69) is 0 Å². The van der Waals surface area contributed by atoms with Crippen LogP contribution in [0.5, 0.6) is 5.75 Å². The molecule has 0 saturated carbocycles. The Morgan fingerprint density at radius 1 is 0.882 bits per heavy atom. The Morgan fingerprint density at radius 2 is 1.41 bits per heavy atom. The van der Waals surface area contributed by atoms with E-state index in [1.807, 2.05) is 6.92 Å². The minimum absolute atomic E-state index is 0.0508. The number of carbonyl (C=O) groups is 3. The Balaban J connectivity index is 1.78. The molecule has 0 N–H and O–H groups in total. The van der Waals surface area contributed by atoms with Crippen molar-refractivity contribution in [2.75, 3.05) is 11.4 Å². The number of hydrogen-bond acceptors (Lipinski definition) is 6. The maximum atomic E-state index is 13.7. The van der Waals surface area contributed by atoms with Crippen molar-refractivity contribution < 1.29 is 27.5 Å². The van der Waals surface area contributed by atoms with Gasteiger partial charge in [0.1, 0.15) is 11.8 Å². The summed E-state index contributed by atoms with van der Waals surface area (Å²) in [5, 5.41) is 0. The third-order valence-electron chi connectivity index (χ3n) is 5.64. The Hall–Kier alpha value is -3.98. The van der Waals surface area contributed by atoms with Gasteiger partial charge < -0.3 is 4.74 Å². The molecule has 0 fully saturated rings. The molecule has 0 saturated heterocycles. The molecule has 1 atom stereocenters. The van der Waals surface area contributed by atoms with E-state index in [9.17, 15) is 22.8 Å². The van der Waals surface area contributed by atoms with Gasteiger partial charge in [0.2, 0.25) is 0 Å². The second-order valence-electron chi connectivity index (χ2n) is 7.82. The van der Waals surface area contributed by atoms with Crippen molar-refractivity contribution in [3.63, 3.8) is 0 Å². The molecular weight excluding hydrogens is 456 g/mol. The number of hydrogen-bond donors (Lipinski definition) is 0. The lowest BCUT2D eigenvalue weighted by molar-refractivity contribution is -0.120. The van der Waals surface area contributed by atoms with Crippen molar-refractivity contribution in [3.05, 3.63) is 89.5 Å². The van der Waals surface area contributed by atoms with Gasteiger partial charge in [-0.2, -0.15) is 0 Å². The number of ether oxygens (including phenoxy) is 1. The number of aryl methyl sites for hydroxylation is 1. The van der Waals surface area contributed by atoms with Crippen LogP contribution in [0.3, 0.4) is 0 Å². The fourth-order valence-electron chi connectivity index (χ4n) is 3.76. The van der Waals surface area contributed by atoms with Crippen molar-refractivity contribution in [3.8, 4) is 5.75 Å². The SMILES string of the molecule is COc1ccc(N(C(=O)C(C)N2C(=O)c3ccccc3C2=O)S(=O)(=O)c2ccc(C)cc2)cc1. The number of rotatable bonds is 6. The van der Waals surface area contributed by atoms with Gasteiger partial charge in [-0.15, -0.1) is 0 Å². The smallest absolute Gasteiger partial charge is 0.270 e. The van der Waals surface area contributed by atoms with Gasteiger partial charge in [-0.3, -0.25) is 19.3 Å². The van der Waals surface area contributed by atoms with Crippen LogP contribution in [0.15, 0.2) is 77.7 Å². The van der Waals surface area contributed by atoms with E-state index < -0.39 is 33.8 Å². The van der Waals surface area contributed by atoms with Crippen LogP contribution in [-0.2, 0) is 14.8 Å². The van der Waals surface area contributed by atoms with E-state index >= 15 is 0 Å². The summed E-state index contributed by atoms with van der Waals surface area (Å²) < 4.78 is 33.0. The standard InChI is InChI=1S/C25H22N2O6S/c1-16-8-14-20(15-9-16)34(31,32)27(18-10-12-19(33-3)13-11-18)23(28)17(2)26-24(29)21-6-4-5-7-22(21)25(26)30/h4-15,17H,1-3H3. The number of amides is 3. The molecule has 1 unspecified atom stereocenters. The van der Waals surface area contributed by atoms with E-state index in [0.29, 0.717) is 10.1 Å². The second kappa shape index (κ2) is 8.75. The normalized spacial score (nSPS) is 14.0. The number of nitrogens with zero attached hydrogens (tertiary/aromatic N) is 2. The number of sulfonamides is 1. The molecule has 0 spiro atoms. The first-order chi connectivity index (χ1) is 16.2. The van der Waals surface area contributed by atoms with Gasteiger partial charge in [0.25, 0.3) is 27.7 Å². The quantitative estimate of drug-likeness (QED) is 0.503. The number of fused-ring (bicyclic) bond motifs is 1. The van der Waals surface area contributed by atoms with Crippen molar-refractivity contribution in [1.29, 1.82) is 0 Å².